The van der Waals surface area contributed by atoms with Crippen molar-refractivity contribution in [3.05, 3.63) is 41.2 Å². The van der Waals surface area contributed by atoms with Crippen molar-refractivity contribution in [2.24, 2.45) is 7.05 Å². The molecule has 0 spiro atoms. The molecule has 1 aliphatic carbocycles. The van der Waals surface area contributed by atoms with Gasteiger partial charge in [0, 0.05) is 13.2 Å². The average Bonchev–Trinajstić information content (AvgIpc) is 2.86. The lowest BCUT2D eigenvalue weighted by molar-refractivity contribution is 0.413. The molecule has 0 bridgehead atoms. The van der Waals surface area contributed by atoms with Crippen LogP contribution in [0.4, 0.5) is 5.69 Å². The van der Waals surface area contributed by atoms with Crippen molar-refractivity contribution in [2.75, 3.05) is 12.4 Å². The quantitative estimate of drug-likeness (QED) is 0.934. The van der Waals surface area contributed by atoms with Gasteiger partial charge in [-0.2, -0.15) is 5.10 Å². The topological polar surface area (TPSA) is 39.1 Å². The number of ether oxygens (including phenoxy) is 1. The predicted molar refractivity (Wildman–Crippen MR) is 84.9 cm³/mol. The van der Waals surface area contributed by atoms with Crippen LogP contribution in [0.25, 0.3) is 0 Å². The van der Waals surface area contributed by atoms with Crippen LogP contribution in [0, 0.1) is 0 Å². The smallest absolute Gasteiger partial charge is 0.119 e. The maximum Gasteiger partial charge on any atom is 0.119 e. The van der Waals surface area contributed by atoms with E-state index in [1.807, 2.05) is 11.7 Å². The van der Waals surface area contributed by atoms with E-state index in [0.29, 0.717) is 6.04 Å². The van der Waals surface area contributed by atoms with Crippen LogP contribution in [0.3, 0.4) is 0 Å². The number of hydrogen-bond acceptors (Lipinski definition) is 3. The van der Waals surface area contributed by atoms with Crippen LogP contribution < -0.4 is 10.1 Å². The third-order valence-electron chi connectivity index (χ3n) is 4.23. The molecule has 1 aromatic carbocycles. The Morgan fingerprint density at radius 1 is 1.43 bits per heavy atom. The summed E-state index contributed by atoms with van der Waals surface area (Å²) in [6.45, 7) is 2.15. The summed E-state index contributed by atoms with van der Waals surface area (Å²) in [5.74, 6) is 0.949. The first-order valence-corrected chi connectivity index (χ1v) is 7.67. The highest BCUT2D eigenvalue weighted by atomic mass is 16.5. The summed E-state index contributed by atoms with van der Waals surface area (Å²) in [6, 6.07) is 6.80. The molecule has 2 aromatic rings. The van der Waals surface area contributed by atoms with Crippen molar-refractivity contribution in [2.45, 2.75) is 38.6 Å². The lowest BCUT2D eigenvalue weighted by Crippen LogP contribution is -2.17. The van der Waals surface area contributed by atoms with E-state index in [9.17, 15) is 0 Å². The van der Waals surface area contributed by atoms with Crippen molar-refractivity contribution in [1.82, 2.24) is 9.78 Å². The van der Waals surface area contributed by atoms with Gasteiger partial charge in [0.05, 0.1) is 24.5 Å². The molecule has 4 nitrogen and oxygen atoms in total. The fourth-order valence-corrected chi connectivity index (χ4v) is 3.17. The number of rotatable bonds is 4. The molecule has 1 aromatic heterocycles. The van der Waals surface area contributed by atoms with Gasteiger partial charge in [-0.05, 0) is 48.9 Å². The second-order valence-electron chi connectivity index (χ2n) is 5.67. The zero-order valence-corrected chi connectivity index (χ0v) is 13.0. The zero-order valence-electron chi connectivity index (χ0n) is 13.0. The molecule has 112 valence electrons. The average molecular weight is 285 g/mol. The Bertz CT molecular complexity index is 633. The second-order valence-corrected chi connectivity index (χ2v) is 5.67. The maximum absolute atomic E-state index is 5.34. The Morgan fingerprint density at radius 3 is 3.05 bits per heavy atom. The standard InChI is InChI=1S/C17H23N3O/c1-4-15-17(11-20(2)19-15)18-16-7-5-6-12-10-13(21-3)8-9-14(12)16/h8-11,16,18H,4-7H2,1-3H3. The number of hydrogen-bond donors (Lipinski definition) is 1. The third-order valence-corrected chi connectivity index (χ3v) is 4.23. The Kier molecular flexibility index (Phi) is 3.86. The molecular weight excluding hydrogens is 262 g/mol. The van der Waals surface area contributed by atoms with Gasteiger partial charge >= 0.3 is 0 Å². The first kappa shape index (κ1) is 14.0. The summed E-state index contributed by atoms with van der Waals surface area (Å²) < 4.78 is 7.23. The molecular formula is C17H23N3O. The maximum atomic E-state index is 5.34. The predicted octanol–water partition coefficient (Wildman–Crippen LogP) is 3.48. The van der Waals surface area contributed by atoms with Crippen LogP contribution in [0.5, 0.6) is 5.75 Å². The molecule has 0 saturated carbocycles. The van der Waals surface area contributed by atoms with Crippen LogP contribution in [0.1, 0.15) is 42.6 Å². The van der Waals surface area contributed by atoms with Gasteiger partial charge in [0.25, 0.3) is 0 Å². The fourth-order valence-electron chi connectivity index (χ4n) is 3.17. The molecule has 21 heavy (non-hydrogen) atoms. The van der Waals surface area contributed by atoms with Crippen LogP contribution >= 0.6 is 0 Å². The van der Waals surface area contributed by atoms with E-state index in [0.717, 1.165) is 36.4 Å². The minimum Gasteiger partial charge on any atom is -0.497 e. The highest BCUT2D eigenvalue weighted by Gasteiger charge is 2.21. The molecule has 4 heteroatoms. The minimum atomic E-state index is 0.370. The van der Waals surface area contributed by atoms with Crippen LogP contribution in [-0.2, 0) is 19.9 Å². The van der Waals surface area contributed by atoms with Crippen molar-refractivity contribution in [1.29, 1.82) is 0 Å². The number of aryl methyl sites for hydroxylation is 3. The molecule has 1 heterocycles. The molecule has 1 N–H and O–H groups in total. The molecule has 1 aliphatic rings. The zero-order chi connectivity index (χ0) is 14.8. The second kappa shape index (κ2) is 5.80. The van der Waals surface area contributed by atoms with Gasteiger partial charge in [0.1, 0.15) is 5.75 Å². The third kappa shape index (κ3) is 2.75. The minimum absolute atomic E-state index is 0.370. The summed E-state index contributed by atoms with van der Waals surface area (Å²) >= 11 is 0. The van der Waals surface area contributed by atoms with E-state index < -0.39 is 0 Å². The van der Waals surface area contributed by atoms with Crippen molar-refractivity contribution < 1.29 is 4.74 Å². The van der Waals surface area contributed by atoms with E-state index >= 15 is 0 Å². The molecule has 1 atom stereocenters. The van der Waals surface area contributed by atoms with Crippen molar-refractivity contribution in [3.8, 4) is 5.75 Å². The van der Waals surface area contributed by atoms with Gasteiger partial charge in [-0.1, -0.05) is 13.0 Å². The first-order valence-electron chi connectivity index (χ1n) is 7.67. The van der Waals surface area contributed by atoms with E-state index in [2.05, 4.69) is 41.7 Å². The van der Waals surface area contributed by atoms with Crippen LogP contribution in [0.2, 0.25) is 0 Å². The molecule has 0 radical (unpaired) electrons. The van der Waals surface area contributed by atoms with Crippen molar-refractivity contribution in [3.63, 3.8) is 0 Å². The van der Waals surface area contributed by atoms with E-state index in [1.165, 1.54) is 17.5 Å². The highest BCUT2D eigenvalue weighted by molar-refractivity contribution is 5.50. The number of methoxy groups -OCH3 is 1. The molecule has 0 amide bonds. The number of anilines is 1. The normalized spacial score (nSPS) is 17.4. The summed E-state index contributed by atoms with van der Waals surface area (Å²) in [5, 5.41) is 8.20. The van der Waals surface area contributed by atoms with E-state index in [4.69, 9.17) is 4.74 Å². The van der Waals surface area contributed by atoms with Crippen LogP contribution in [0.15, 0.2) is 24.4 Å². The SMILES string of the molecule is CCc1nn(C)cc1NC1CCCc2cc(OC)ccc21. The monoisotopic (exact) mass is 285 g/mol. The lowest BCUT2D eigenvalue weighted by Gasteiger charge is -2.27. The lowest BCUT2D eigenvalue weighted by atomic mass is 9.87. The summed E-state index contributed by atoms with van der Waals surface area (Å²) in [4.78, 5) is 0. The first-order chi connectivity index (χ1) is 10.2. The van der Waals surface area contributed by atoms with Gasteiger partial charge < -0.3 is 10.1 Å². The van der Waals surface area contributed by atoms with Crippen molar-refractivity contribution >= 4 is 5.69 Å². The molecule has 0 fully saturated rings. The number of benzene rings is 1. The molecule has 0 aliphatic heterocycles. The molecule has 3 rings (SSSR count). The van der Waals surface area contributed by atoms with Gasteiger partial charge in [0.15, 0.2) is 0 Å². The Balaban J connectivity index is 1.88. The van der Waals surface area contributed by atoms with Gasteiger partial charge in [-0.15, -0.1) is 0 Å². The summed E-state index contributed by atoms with van der Waals surface area (Å²) in [7, 11) is 3.70. The van der Waals surface area contributed by atoms with Gasteiger partial charge in [-0.3, -0.25) is 4.68 Å². The number of nitrogens with one attached hydrogen (secondary N) is 1. The van der Waals surface area contributed by atoms with Crippen LogP contribution in [-0.4, -0.2) is 16.9 Å². The molecule has 0 saturated heterocycles. The highest BCUT2D eigenvalue weighted by Crippen LogP contribution is 2.35. The Morgan fingerprint density at radius 2 is 2.29 bits per heavy atom. The summed E-state index contributed by atoms with van der Waals surface area (Å²) in [5.41, 5.74) is 5.10. The Hall–Kier alpha value is -1.97. The summed E-state index contributed by atoms with van der Waals surface area (Å²) in [6.07, 6.45) is 6.54. The number of nitrogens with zero attached hydrogens (tertiary/aromatic N) is 2. The van der Waals surface area contributed by atoms with E-state index in [-0.39, 0.29) is 0 Å². The Labute approximate surface area is 126 Å². The largest absolute Gasteiger partial charge is 0.497 e. The van der Waals surface area contributed by atoms with Gasteiger partial charge in [-0.25, -0.2) is 0 Å². The number of aromatic nitrogens is 2. The van der Waals surface area contributed by atoms with E-state index in [1.54, 1.807) is 7.11 Å². The molecule has 1 unspecified atom stereocenters. The fraction of sp³-hybridized carbons (Fsp3) is 0.471. The van der Waals surface area contributed by atoms with Gasteiger partial charge in [0.2, 0.25) is 0 Å². The number of fused-ring (bicyclic) bond motifs is 1.